The maximum absolute atomic E-state index is 13.7. The third-order valence-electron chi connectivity index (χ3n) is 2.91. The van der Waals surface area contributed by atoms with Gasteiger partial charge in [-0.1, -0.05) is 12.1 Å². The Kier molecular flexibility index (Phi) is 2.37. The second-order valence-corrected chi connectivity index (χ2v) is 4.15. The van der Waals surface area contributed by atoms with Gasteiger partial charge in [-0.2, -0.15) is 0 Å². The van der Waals surface area contributed by atoms with Crippen molar-refractivity contribution in [1.82, 2.24) is 9.38 Å². The molecule has 18 heavy (non-hydrogen) atoms. The molecule has 0 aliphatic rings. The summed E-state index contributed by atoms with van der Waals surface area (Å²) in [6.07, 6.45) is 3.52. The quantitative estimate of drug-likeness (QED) is 0.639. The van der Waals surface area contributed by atoms with E-state index in [0.717, 1.165) is 17.3 Å². The molecule has 0 N–H and O–H groups in total. The molecular weight excluding hydrogens is 234 g/mol. The number of rotatable bonds is 1. The zero-order valence-corrected chi connectivity index (χ0v) is 9.69. The predicted octanol–water partition coefficient (Wildman–Crippen LogP) is 3.59. The predicted molar refractivity (Wildman–Crippen MR) is 65.3 cm³/mol. The first kappa shape index (κ1) is 10.9. The standard InChI is InChI=1S/C14H10F2N2/c1-9-4-3-7-18-8-12(17-14(9)18)10-5-2-6-11(15)13(10)16/h2-8H,1H3. The summed E-state index contributed by atoms with van der Waals surface area (Å²) >= 11 is 0. The van der Waals surface area contributed by atoms with Gasteiger partial charge in [0.1, 0.15) is 5.65 Å². The summed E-state index contributed by atoms with van der Waals surface area (Å²) in [6, 6.07) is 7.91. The van der Waals surface area contributed by atoms with Gasteiger partial charge in [0.15, 0.2) is 11.6 Å². The molecule has 0 unspecified atom stereocenters. The molecule has 2 nitrogen and oxygen atoms in total. The van der Waals surface area contributed by atoms with Crippen molar-refractivity contribution in [3.63, 3.8) is 0 Å². The number of benzene rings is 1. The number of aromatic nitrogens is 2. The highest BCUT2D eigenvalue weighted by atomic mass is 19.2. The fraction of sp³-hybridized carbons (Fsp3) is 0.0714. The lowest BCUT2D eigenvalue weighted by Gasteiger charge is -1.98. The van der Waals surface area contributed by atoms with Crippen LogP contribution in [0, 0.1) is 18.6 Å². The second kappa shape index (κ2) is 3.91. The molecule has 0 bridgehead atoms. The summed E-state index contributed by atoms with van der Waals surface area (Å²) in [5, 5.41) is 0. The molecule has 0 fully saturated rings. The highest BCUT2D eigenvalue weighted by molar-refractivity contribution is 5.64. The summed E-state index contributed by atoms with van der Waals surface area (Å²) < 4.78 is 28.7. The highest BCUT2D eigenvalue weighted by Gasteiger charge is 2.13. The van der Waals surface area contributed by atoms with Crippen LogP contribution in [0.1, 0.15) is 5.56 Å². The fourth-order valence-corrected chi connectivity index (χ4v) is 1.99. The molecule has 1 aromatic carbocycles. The molecule has 0 radical (unpaired) electrons. The minimum absolute atomic E-state index is 0.179. The normalized spacial score (nSPS) is 11.1. The van der Waals surface area contributed by atoms with E-state index in [1.54, 1.807) is 10.6 Å². The summed E-state index contributed by atoms with van der Waals surface area (Å²) in [4.78, 5) is 4.34. The number of halogens is 2. The Morgan fingerprint density at radius 2 is 1.94 bits per heavy atom. The van der Waals surface area contributed by atoms with Crippen molar-refractivity contribution in [2.24, 2.45) is 0 Å². The lowest BCUT2D eigenvalue weighted by atomic mass is 10.1. The Balaban J connectivity index is 2.26. The molecule has 0 saturated carbocycles. The van der Waals surface area contributed by atoms with E-state index < -0.39 is 11.6 Å². The summed E-state index contributed by atoms with van der Waals surface area (Å²) in [6.45, 7) is 1.92. The SMILES string of the molecule is Cc1cccn2cc(-c3cccc(F)c3F)nc12. The molecular formula is C14H10F2N2. The van der Waals surface area contributed by atoms with Crippen molar-refractivity contribution < 1.29 is 8.78 Å². The number of fused-ring (bicyclic) bond motifs is 1. The number of imidazole rings is 1. The minimum Gasteiger partial charge on any atom is -0.306 e. The molecule has 0 aliphatic heterocycles. The second-order valence-electron chi connectivity index (χ2n) is 4.15. The maximum Gasteiger partial charge on any atom is 0.168 e. The zero-order valence-electron chi connectivity index (χ0n) is 9.69. The average molecular weight is 244 g/mol. The van der Waals surface area contributed by atoms with Crippen molar-refractivity contribution >= 4 is 5.65 Å². The molecule has 0 spiro atoms. The van der Waals surface area contributed by atoms with Gasteiger partial charge in [0.2, 0.25) is 0 Å². The number of hydrogen-bond acceptors (Lipinski definition) is 1. The van der Waals surface area contributed by atoms with Gasteiger partial charge in [0.05, 0.1) is 5.69 Å². The first-order valence-electron chi connectivity index (χ1n) is 5.55. The van der Waals surface area contributed by atoms with Crippen LogP contribution in [0.15, 0.2) is 42.7 Å². The fourth-order valence-electron chi connectivity index (χ4n) is 1.99. The van der Waals surface area contributed by atoms with Crippen LogP contribution in [0.4, 0.5) is 8.78 Å². The molecule has 2 aromatic heterocycles. The molecule has 3 aromatic rings. The molecule has 0 saturated heterocycles. The number of hydrogen-bond donors (Lipinski definition) is 0. The van der Waals surface area contributed by atoms with Gasteiger partial charge in [0.25, 0.3) is 0 Å². The van der Waals surface area contributed by atoms with E-state index in [9.17, 15) is 8.78 Å². The van der Waals surface area contributed by atoms with Crippen molar-refractivity contribution in [3.05, 3.63) is 59.9 Å². The molecule has 4 heteroatoms. The third-order valence-corrected chi connectivity index (χ3v) is 2.91. The van der Waals surface area contributed by atoms with E-state index in [-0.39, 0.29) is 5.56 Å². The Hall–Kier alpha value is -2.23. The Morgan fingerprint density at radius 1 is 1.11 bits per heavy atom. The molecule has 3 rings (SSSR count). The number of nitrogens with zero attached hydrogens (tertiary/aromatic N) is 2. The van der Waals surface area contributed by atoms with Gasteiger partial charge in [0, 0.05) is 18.0 Å². The van der Waals surface area contributed by atoms with Crippen molar-refractivity contribution in [2.45, 2.75) is 6.92 Å². The monoisotopic (exact) mass is 244 g/mol. The van der Waals surface area contributed by atoms with Crippen LogP contribution >= 0.6 is 0 Å². The van der Waals surface area contributed by atoms with E-state index in [1.807, 2.05) is 25.3 Å². The summed E-state index contributed by atoms with van der Waals surface area (Å²) in [7, 11) is 0. The Bertz CT molecular complexity index is 732. The van der Waals surface area contributed by atoms with E-state index in [2.05, 4.69) is 4.98 Å². The largest absolute Gasteiger partial charge is 0.306 e. The molecule has 2 heterocycles. The smallest absolute Gasteiger partial charge is 0.168 e. The summed E-state index contributed by atoms with van der Waals surface area (Å²) in [5.41, 5.74) is 2.34. The average Bonchev–Trinajstić information content (AvgIpc) is 2.78. The van der Waals surface area contributed by atoms with Gasteiger partial charge in [-0.05, 0) is 30.7 Å². The molecule has 90 valence electrons. The van der Waals surface area contributed by atoms with Crippen LogP contribution in [-0.4, -0.2) is 9.38 Å². The van der Waals surface area contributed by atoms with Crippen LogP contribution in [0.3, 0.4) is 0 Å². The van der Waals surface area contributed by atoms with E-state index >= 15 is 0 Å². The Morgan fingerprint density at radius 3 is 2.72 bits per heavy atom. The molecule has 0 atom stereocenters. The maximum atomic E-state index is 13.7. The van der Waals surface area contributed by atoms with E-state index in [4.69, 9.17) is 0 Å². The van der Waals surface area contributed by atoms with Gasteiger partial charge in [-0.25, -0.2) is 13.8 Å². The first-order valence-corrected chi connectivity index (χ1v) is 5.55. The topological polar surface area (TPSA) is 17.3 Å². The van der Waals surface area contributed by atoms with Crippen LogP contribution in [0.25, 0.3) is 16.9 Å². The number of aryl methyl sites for hydroxylation is 1. The highest BCUT2D eigenvalue weighted by Crippen LogP contribution is 2.24. The van der Waals surface area contributed by atoms with Gasteiger partial charge < -0.3 is 4.40 Å². The zero-order chi connectivity index (χ0) is 12.7. The van der Waals surface area contributed by atoms with Crippen LogP contribution in [0.5, 0.6) is 0 Å². The van der Waals surface area contributed by atoms with E-state index in [0.29, 0.717) is 5.69 Å². The molecule has 0 aliphatic carbocycles. The van der Waals surface area contributed by atoms with Crippen LogP contribution in [-0.2, 0) is 0 Å². The van der Waals surface area contributed by atoms with Crippen molar-refractivity contribution in [1.29, 1.82) is 0 Å². The lowest BCUT2D eigenvalue weighted by molar-refractivity contribution is 0.511. The third kappa shape index (κ3) is 1.57. The molecule has 0 amide bonds. The minimum atomic E-state index is -0.862. The van der Waals surface area contributed by atoms with Gasteiger partial charge in [-0.3, -0.25) is 0 Å². The Labute approximate surface area is 103 Å². The summed E-state index contributed by atoms with van der Waals surface area (Å²) in [5.74, 6) is -1.72. The number of pyridine rings is 1. The lowest BCUT2D eigenvalue weighted by Crippen LogP contribution is -1.88. The van der Waals surface area contributed by atoms with Crippen LogP contribution in [0.2, 0.25) is 0 Å². The van der Waals surface area contributed by atoms with Gasteiger partial charge >= 0.3 is 0 Å². The van der Waals surface area contributed by atoms with Crippen molar-refractivity contribution in [3.8, 4) is 11.3 Å². The van der Waals surface area contributed by atoms with Crippen LogP contribution < -0.4 is 0 Å². The van der Waals surface area contributed by atoms with E-state index in [1.165, 1.54) is 12.1 Å². The van der Waals surface area contributed by atoms with Crippen molar-refractivity contribution in [2.75, 3.05) is 0 Å². The first-order chi connectivity index (χ1) is 8.66. The van der Waals surface area contributed by atoms with Gasteiger partial charge in [-0.15, -0.1) is 0 Å².